The van der Waals surface area contributed by atoms with Crippen LogP contribution < -0.4 is 15.2 Å². The summed E-state index contributed by atoms with van der Waals surface area (Å²) in [5.74, 6) is 1.65. The minimum Gasteiger partial charge on any atom is -0.497 e. The van der Waals surface area contributed by atoms with Gasteiger partial charge in [-0.1, -0.05) is 6.07 Å². The number of hydrogen-bond acceptors (Lipinski definition) is 3. The van der Waals surface area contributed by atoms with Gasteiger partial charge in [0.15, 0.2) is 0 Å². The minimum atomic E-state index is 0.337. The van der Waals surface area contributed by atoms with Gasteiger partial charge in [-0.3, -0.25) is 0 Å². The maximum atomic E-state index is 5.94. The van der Waals surface area contributed by atoms with Gasteiger partial charge in [-0.15, -0.1) is 0 Å². The van der Waals surface area contributed by atoms with E-state index in [0.717, 1.165) is 28.4 Å². The lowest BCUT2D eigenvalue weighted by Gasteiger charge is -2.15. The SMILES string of the molecule is COc1ccc(OCc2cc3ccc(N)cc3n2C(C)C)cc1. The van der Waals surface area contributed by atoms with Crippen molar-refractivity contribution in [3.63, 3.8) is 0 Å². The van der Waals surface area contributed by atoms with E-state index in [1.54, 1.807) is 7.11 Å². The number of nitrogens with zero attached hydrogens (tertiary/aromatic N) is 1. The van der Waals surface area contributed by atoms with E-state index >= 15 is 0 Å². The largest absolute Gasteiger partial charge is 0.497 e. The van der Waals surface area contributed by atoms with Crippen LogP contribution in [0.2, 0.25) is 0 Å². The molecule has 4 nitrogen and oxygen atoms in total. The molecule has 0 amide bonds. The fourth-order valence-corrected chi connectivity index (χ4v) is 2.85. The van der Waals surface area contributed by atoms with E-state index in [4.69, 9.17) is 15.2 Å². The highest BCUT2D eigenvalue weighted by atomic mass is 16.5. The molecule has 3 aromatic rings. The molecule has 4 heteroatoms. The molecule has 1 heterocycles. The molecule has 0 aliphatic heterocycles. The van der Waals surface area contributed by atoms with E-state index in [2.05, 4.69) is 30.5 Å². The topological polar surface area (TPSA) is 49.4 Å². The predicted octanol–water partition coefficient (Wildman–Crippen LogP) is 4.39. The zero-order valence-electron chi connectivity index (χ0n) is 13.7. The van der Waals surface area contributed by atoms with Crippen molar-refractivity contribution in [1.29, 1.82) is 0 Å². The molecule has 1 aromatic heterocycles. The molecular weight excluding hydrogens is 288 g/mol. The van der Waals surface area contributed by atoms with E-state index in [1.807, 2.05) is 36.4 Å². The first-order valence-electron chi connectivity index (χ1n) is 7.74. The first-order chi connectivity index (χ1) is 11.1. The van der Waals surface area contributed by atoms with Crippen molar-refractivity contribution in [2.45, 2.75) is 26.5 Å². The van der Waals surface area contributed by atoms with Gasteiger partial charge < -0.3 is 19.8 Å². The fourth-order valence-electron chi connectivity index (χ4n) is 2.85. The second kappa shape index (κ2) is 6.24. The lowest BCUT2D eigenvalue weighted by molar-refractivity contribution is 0.292. The minimum absolute atomic E-state index is 0.337. The summed E-state index contributed by atoms with van der Waals surface area (Å²) in [6, 6.07) is 16.1. The third kappa shape index (κ3) is 3.11. The average molecular weight is 310 g/mol. The fraction of sp³-hybridized carbons (Fsp3) is 0.263. The van der Waals surface area contributed by atoms with E-state index in [0.29, 0.717) is 12.6 Å². The maximum absolute atomic E-state index is 5.94. The van der Waals surface area contributed by atoms with Crippen molar-refractivity contribution in [2.24, 2.45) is 0 Å². The summed E-state index contributed by atoms with van der Waals surface area (Å²) in [7, 11) is 1.66. The number of anilines is 1. The summed E-state index contributed by atoms with van der Waals surface area (Å²) in [4.78, 5) is 0. The average Bonchev–Trinajstić information content (AvgIpc) is 2.91. The molecule has 120 valence electrons. The van der Waals surface area contributed by atoms with Crippen molar-refractivity contribution in [1.82, 2.24) is 4.57 Å². The van der Waals surface area contributed by atoms with Gasteiger partial charge in [-0.2, -0.15) is 0 Å². The van der Waals surface area contributed by atoms with Crippen LogP contribution in [0.5, 0.6) is 11.5 Å². The van der Waals surface area contributed by atoms with Crippen LogP contribution in [0.15, 0.2) is 48.5 Å². The normalized spacial score (nSPS) is 11.1. The third-order valence-corrected chi connectivity index (χ3v) is 3.91. The molecular formula is C19H22N2O2. The second-order valence-corrected chi connectivity index (χ2v) is 5.88. The van der Waals surface area contributed by atoms with Crippen molar-refractivity contribution >= 4 is 16.6 Å². The smallest absolute Gasteiger partial charge is 0.128 e. The highest BCUT2D eigenvalue weighted by Crippen LogP contribution is 2.27. The van der Waals surface area contributed by atoms with Crippen molar-refractivity contribution in [3.8, 4) is 11.5 Å². The Bertz CT molecular complexity index is 804. The van der Waals surface area contributed by atoms with Gasteiger partial charge in [0, 0.05) is 17.1 Å². The molecule has 0 saturated heterocycles. The Morgan fingerprint density at radius 2 is 1.70 bits per heavy atom. The molecule has 0 saturated carbocycles. The van der Waals surface area contributed by atoms with E-state index in [1.165, 1.54) is 5.39 Å². The van der Waals surface area contributed by atoms with Crippen LogP contribution in [-0.2, 0) is 6.61 Å². The van der Waals surface area contributed by atoms with Gasteiger partial charge in [-0.05, 0) is 56.3 Å². The van der Waals surface area contributed by atoms with Crippen molar-refractivity contribution in [3.05, 3.63) is 54.2 Å². The van der Waals surface area contributed by atoms with Gasteiger partial charge in [0.05, 0.1) is 18.3 Å². The van der Waals surface area contributed by atoms with Crippen LogP contribution in [0.3, 0.4) is 0 Å². The molecule has 0 aliphatic carbocycles. The number of ether oxygens (including phenoxy) is 2. The van der Waals surface area contributed by atoms with Crippen molar-refractivity contribution in [2.75, 3.05) is 12.8 Å². The Kier molecular flexibility index (Phi) is 4.15. The summed E-state index contributed by atoms with van der Waals surface area (Å²) in [5.41, 5.74) is 9.00. The van der Waals surface area contributed by atoms with Crippen molar-refractivity contribution < 1.29 is 9.47 Å². The molecule has 0 fully saturated rings. The monoisotopic (exact) mass is 310 g/mol. The molecule has 0 spiro atoms. The summed E-state index contributed by atoms with van der Waals surface area (Å²) >= 11 is 0. The number of benzene rings is 2. The first-order valence-corrected chi connectivity index (χ1v) is 7.74. The molecule has 0 unspecified atom stereocenters. The van der Waals surface area contributed by atoms with Crippen LogP contribution in [-0.4, -0.2) is 11.7 Å². The Labute approximate surface area is 136 Å². The maximum Gasteiger partial charge on any atom is 0.128 e. The second-order valence-electron chi connectivity index (χ2n) is 5.88. The highest BCUT2D eigenvalue weighted by molar-refractivity contribution is 5.84. The molecule has 2 N–H and O–H groups in total. The predicted molar refractivity (Wildman–Crippen MR) is 94.1 cm³/mol. The van der Waals surface area contributed by atoms with Crippen LogP contribution in [0.1, 0.15) is 25.6 Å². The lowest BCUT2D eigenvalue weighted by Crippen LogP contribution is -2.08. The number of hydrogen-bond donors (Lipinski definition) is 1. The van der Waals surface area contributed by atoms with Gasteiger partial charge in [0.25, 0.3) is 0 Å². The Morgan fingerprint density at radius 1 is 1.00 bits per heavy atom. The van der Waals surface area contributed by atoms with Gasteiger partial charge in [0.1, 0.15) is 18.1 Å². The third-order valence-electron chi connectivity index (χ3n) is 3.91. The van der Waals surface area contributed by atoms with Crippen LogP contribution in [0.25, 0.3) is 10.9 Å². The molecule has 2 aromatic carbocycles. The van der Waals surface area contributed by atoms with E-state index in [-0.39, 0.29) is 0 Å². The quantitative estimate of drug-likeness (QED) is 0.711. The molecule has 23 heavy (non-hydrogen) atoms. The zero-order chi connectivity index (χ0) is 16.4. The number of methoxy groups -OCH3 is 1. The van der Waals surface area contributed by atoms with Gasteiger partial charge in [0.2, 0.25) is 0 Å². The summed E-state index contributed by atoms with van der Waals surface area (Å²) in [6.45, 7) is 4.85. The molecule has 0 radical (unpaired) electrons. The highest BCUT2D eigenvalue weighted by Gasteiger charge is 2.12. The number of nitrogen functional groups attached to an aromatic ring is 1. The number of rotatable bonds is 5. The van der Waals surface area contributed by atoms with E-state index < -0.39 is 0 Å². The first kappa shape index (κ1) is 15.3. The lowest BCUT2D eigenvalue weighted by atomic mass is 10.2. The number of nitrogens with two attached hydrogens (primary N) is 1. The van der Waals surface area contributed by atoms with Crippen LogP contribution >= 0.6 is 0 Å². The van der Waals surface area contributed by atoms with Crippen LogP contribution in [0, 0.1) is 0 Å². The Morgan fingerprint density at radius 3 is 2.35 bits per heavy atom. The number of aromatic nitrogens is 1. The van der Waals surface area contributed by atoms with E-state index in [9.17, 15) is 0 Å². The summed E-state index contributed by atoms with van der Waals surface area (Å²) < 4.78 is 13.4. The zero-order valence-corrected chi connectivity index (χ0v) is 13.7. The van der Waals surface area contributed by atoms with Crippen LogP contribution in [0.4, 0.5) is 5.69 Å². The van der Waals surface area contributed by atoms with Gasteiger partial charge >= 0.3 is 0 Å². The summed E-state index contributed by atoms with van der Waals surface area (Å²) in [5, 5.41) is 1.18. The molecule has 0 atom stereocenters. The number of fused-ring (bicyclic) bond motifs is 1. The Hall–Kier alpha value is -2.62. The molecule has 0 bridgehead atoms. The Balaban J connectivity index is 1.88. The standard InChI is InChI=1S/C19H22N2O2/c1-13(2)21-16(10-14-4-5-15(20)11-19(14)21)12-23-18-8-6-17(22-3)7-9-18/h4-11,13H,12,20H2,1-3H3. The molecule has 0 aliphatic rings. The van der Waals surface area contributed by atoms with Gasteiger partial charge in [-0.25, -0.2) is 0 Å². The molecule has 3 rings (SSSR count). The summed E-state index contributed by atoms with van der Waals surface area (Å²) in [6.07, 6.45) is 0.